The summed E-state index contributed by atoms with van der Waals surface area (Å²) < 4.78 is 0. The Hall–Kier alpha value is -1.56. The van der Waals surface area contributed by atoms with E-state index in [4.69, 9.17) is 5.26 Å². The summed E-state index contributed by atoms with van der Waals surface area (Å²) in [7, 11) is 0. The molecule has 0 saturated carbocycles. The lowest BCUT2D eigenvalue weighted by molar-refractivity contribution is 0.435. The molecule has 2 rings (SSSR count). The lowest BCUT2D eigenvalue weighted by atomic mass is 9.96. The van der Waals surface area contributed by atoms with E-state index in [9.17, 15) is 0 Å². The maximum Gasteiger partial charge on any atom is 0.146 e. The maximum atomic E-state index is 9.14. The maximum absolute atomic E-state index is 9.14. The van der Waals surface area contributed by atoms with Crippen molar-refractivity contribution in [3.05, 3.63) is 23.9 Å². The molecule has 1 aliphatic rings. The largest absolute Gasteiger partial charge is 0.356 e. The minimum Gasteiger partial charge on any atom is -0.356 e. The Kier molecular flexibility index (Phi) is 4.58. The van der Waals surface area contributed by atoms with Gasteiger partial charge in [-0.3, -0.25) is 0 Å². The van der Waals surface area contributed by atoms with Gasteiger partial charge in [-0.15, -0.1) is 0 Å². The second kappa shape index (κ2) is 6.39. The first-order valence-corrected chi connectivity index (χ1v) is 6.95. The molecule has 0 aromatic carbocycles. The number of nitrogens with zero attached hydrogens (tertiary/aromatic N) is 3. The molecule has 2 heterocycles. The van der Waals surface area contributed by atoms with Crippen molar-refractivity contribution in [1.29, 1.82) is 5.26 Å². The van der Waals surface area contributed by atoms with Crippen LogP contribution in [-0.2, 0) is 0 Å². The van der Waals surface area contributed by atoms with Crippen molar-refractivity contribution >= 4 is 5.82 Å². The summed E-state index contributed by atoms with van der Waals surface area (Å²) in [5, 5.41) is 9.14. The molecule has 1 aromatic heterocycles. The number of anilines is 1. The molecule has 1 fully saturated rings. The molecule has 1 unspecified atom stereocenters. The minimum absolute atomic E-state index is 0.700. The van der Waals surface area contributed by atoms with Crippen LogP contribution in [0.1, 0.15) is 44.6 Å². The van der Waals surface area contributed by atoms with Crippen LogP contribution in [0.2, 0.25) is 0 Å². The van der Waals surface area contributed by atoms with Gasteiger partial charge in [-0.2, -0.15) is 5.26 Å². The Morgan fingerprint density at radius 1 is 1.44 bits per heavy atom. The molecule has 18 heavy (non-hydrogen) atoms. The molecule has 0 aliphatic carbocycles. The van der Waals surface area contributed by atoms with Crippen LogP contribution in [-0.4, -0.2) is 18.1 Å². The lowest BCUT2D eigenvalue weighted by Crippen LogP contribution is -2.26. The van der Waals surface area contributed by atoms with Crippen molar-refractivity contribution < 1.29 is 0 Å². The number of pyridine rings is 1. The van der Waals surface area contributed by atoms with Crippen LogP contribution < -0.4 is 4.90 Å². The van der Waals surface area contributed by atoms with E-state index in [0.717, 1.165) is 24.8 Å². The zero-order valence-electron chi connectivity index (χ0n) is 11.1. The second-order valence-electron chi connectivity index (χ2n) is 5.06. The summed E-state index contributed by atoms with van der Waals surface area (Å²) in [5.74, 6) is 1.73. The zero-order chi connectivity index (χ0) is 12.8. The van der Waals surface area contributed by atoms with Crippen LogP contribution in [0, 0.1) is 17.2 Å². The molecule has 3 heteroatoms. The van der Waals surface area contributed by atoms with Gasteiger partial charge in [0.05, 0.1) is 5.56 Å². The Morgan fingerprint density at radius 2 is 2.33 bits per heavy atom. The number of rotatable bonds is 3. The molecule has 1 aliphatic heterocycles. The zero-order valence-corrected chi connectivity index (χ0v) is 11.1. The summed E-state index contributed by atoms with van der Waals surface area (Å²) in [5.41, 5.74) is 0.700. The van der Waals surface area contributed by atoms with Gasteiger partial charge in [-0.1, -0.05) is 19.8 Å². The third kappa shape index (κ3) is 3.01. The van der Waals surface area contributed by atoms with Gasteiger partial charge < -0.3 is 4.90 Å². The Labute approximate surface area is 109 Å². The molecule has 3 nitrogen and oxygen atoms in total. The fourth-order valence-corrected chi connectivity index (χ4v) is 2.81. The predicted octanol–water partition coefficient (Wildman–Crippen LogP) is 3.36. The highest BCUT2D eigenvalue weighted by molar-refractivity contribution is 5.53. The van der Waals surface area contributed by atoms with Gasteiger partial charge in [-0.05, 0) is 37.3 Å². The van der Waals surface area contributed by atoms with Crippen LogP contribution in [0.25, 0.3) is 0 Å². The highest BCUT2D eigenvalue weighted by Gasteiger charge is 2.19. The van der Waals surface area contributed by atoms with E-state index in [1.165, 1.54) is 32.1 Å². The van der Waals surface area contributed by atoms with E-state index in [0.29, 0.717) is 5.56 Å². The minimum atomic E-state index is 0.700. The standard InChI is InChI=1S/C15H21N3/c1-2-5-13-6-4-10-18(11-8-13)15-14(12-16)7-3-9-17-15/h3,7,9,13H,2,4-6,8,10-11H2,1H3. The molecule has 0 amide bonds. The van der Waals surface area contributed by atoms with Gasteiger partial charge in [0.25, 0.3) is 0 Å². The molecule has 0 bridgehead atoms. The normalized spacial score (nSPS) is 20.2. The van der Waals surface area contributed by atoms with Crippen LogP contribution >= 0.6 is 0 Å². The van der Waals surface area contributed by atoms with E-state index < -0.39 is 0 Å². The van der Waals surface area contributed by atoms with E-state index >= 15 is 0 Å². The number of nitriles is 1. The number of hydrogen-bond acceptors (Lipinski definition) is 3. The number of aromatic nitrogens is 1. The van der Waals surface area contributed by atoms with Gasteiger partial charge in [0, 0.05) is 19.3 Å². The first-order chi connectivity index (χ1) is 8.85. The highest BCUT2D eigenvalue weighted by Crippen LogP contribution is 2.25. The summed E-state index contributed by atoms with van der Waals surface area (Å²) in [6.07, 6.45) is 8.16. The first-order valence-electron chi connectivity index (χ1n) is 6.95. The van der Waals surface area contributed by atoms with E-state index in [-0.39, 0.29) is 0 Å². The van der Waals surface area contributed by atoms with E-state index in [1.807, 2.05) is 12.1 Å². The van der Waals surface area contributed by atoms with E-state index in [1.54, 1.807) is 6.20 Å². The lowest BCUT2D eigenvalue weighted by Gasteiger charge is -2.22. The van der Waals surface area contributed by atoms with Gasteiger partial charge in [-0.25, -0.2) is 4.98 Å². The fraction of sp³-hybridized carbons (Fsp3) is 0.600. The Bertz CT molecular complexity index is 422. The molecular formula is C15H21N3. The van der Waals surface area contributed by atoms with Crippen LogP contribution in [0.5, 0.6) is 0 Å². The van der Waals surface area contributed by atoms with Crippen LogP contribution in [0.4, 0.5) is 5.82 Å². The molecule has 1 aromatic rings. The predicted molar refractivity (Wildman–Crippen MR) is 73.4 cm³/mol. The molecule has 0 radical (unpaired) electrons. The third-order valence-electron chi connectivity index (χ3n) is 3.75. The average Bonchev–Trinajstić information content (AvgIpc) is 2.65. The van der Waals surface area contributed by atoms with Crippen LogP contribution in [0.15, 0.2) is 18.3 Å². The van der Waals surface area contributed by atoms with Crippen molar-refractivity contribution in [2.75, 3.05) is 18.0 Å². The topological polar surface area (TPSA) is 39.9 Å². The first kappa shape index (κ1) is 12.9. The van der Waals surface area contributed by atoms with Gasteiger partial charge >= 0.3 is 0 Å². The van der Waals surface area contributed by atoms with Crippen LogP contribution in [0.3, 0.4) is 0 Å². The monoisotopic (exact) mass is 243 g/mol. The van der Waals surface area contributed by atoms with Gasteiger partial charge in [0.15, 0.2) is 0 Å². The van der Waals surface area contributed by atoms with Gasteiger partial charge in [0.1, 0.15) is 11.9 Å². The van der Waals surface area contributed by atoms with Crippen molar-refractivity contribution in [2.45, 2.75) is 39.0 Å². The quantitative estimate of drug-likeness (QED) is 0.817. The molecule has 0 spiro atoms. The molecule has 96 valence electrons. The molecule has 1 saturated heterocycles. The molecule has 0 N–H and O–H groups in total. The van der Waals surface area contributed by atoms with Crippen molar-refractivity contribution in [3.8, 4) is 6.07 Å². The Morgan fingerprint density at radius 3 is 3.11 bits per heavy atom. The van der Waals surface area contributed by atoms with E-state index in [2.05, 4.69) is 22.9 Å². The van der Waals surface area contributed by atoms with Crippen molar-refractivity contribution in [2.24, 2.45) is 5.92 Å². The third-order valence-corrected chi connectivity index (χ3v) is 3.75. The summed E-state index contributed by atoms with van der Waals surface area (Å²) in [4.78, 5) is 6.68. The van der Waals surface area contributed by atoms with Gasteiger partial charge in [0.2, 0.25) is 0 Å². The number of hydrogen-bond donors (Lipinski definition) is 0. The molecular weight excluding hydrogens is 222 g/mol. The van der Waals surface area contributed by atoms with Crippen molar-refractivity contribution in [3.63, 3.8) is 0 Å². The smallest absolute Gasteiger partial charge is 0.146 e. The highest BCUT2D eigenvalue weighted by atomic mass is 15.2. The van der Waals surface area contributed by atoms with Crippen molar-refractivity contribution in [1.82, 2.24) is 4.98 Å². The SMILES string of the molecule is CCCC1CCCN(c2ncccc2C#N)CC1. The fourth-order valence-electron chi connectivity index (χ4n) is 2.81. The summed E-state index contributed by atoms with van der Waals surface area (Å²) in [6.45, 7) is 4.33. The molecule has 1 atom stereocenters. The summed E-state index contributed by atoms with van der Waals surface area (Å²) in [6, 6.07) is 5.94. The second-order valence-corrected chi connectivity index (χ2v) is 5.06. The average molecular weight is 243 g/mol. The Balaban J connectivity index is 2.08. The summed E-state index contributed by atoms with van der Waals surface area (Å²) >= 11 is 0.